The van der Waals surface area contributed by atoms with Gasteiger partial charge in [0.15, 0.2) is 5.89 Å². The van der Waals surface area contributed by atoms with E-state index in [1.807, 2.05) is 20.0 Å². The molecule has 4 aromatic rings. The van der Waals surface area contributed by atoms with Crippen molar-refractivity contribution < 1.29 is 13.6 Å². The molecular weight excluding hydrogens is 375 g/mol. The Kier molecular flexibility index (Phi) is 4.71. The van der Waals surface area contributed by atoms with Crippen LogP contribution in [0.25, 0.3) is 17.0 Å². The van der Waals surface area contributed by atoms with Gasteiger partial charge in [0.25, 0.3) is 5.91 Å². The molecule has 9 heteroatoms. The number of halogens is 1. The third-order valence-corrected chi connectivity index (χ3v) is 4.11. The molecule has 29 heavy (non-hydrogen) atoms. The molecule has 1 aromatic carbocycles. The van der Waals surface area contributed by atoms with Crippen LogP contribution in [0.4, 0.5) is 15.8 Å². The van der Waals surface area contributed by atoms with Gasteiger partial charge in [0.1, 0.15) is 5.82 Å². The van der Waals surface area contributed by atoms with Gasteiger partial charge in [-0.05, 0) is 32.0 Å². The van der Waals surface area contributed by atoms with Crippen LogP contribution in [-0.2, 0) is 0 Å². The Hall–Kier alpha value is -3.75. The van der Waals surface area contributed by atoms with Gasteiger partial charge in [0, 0.05) is 36.6 Å². The van der Waals surface area contributed by atoms with E-state index in [1.165, 1.54) is 24.4 Å². The summed E-state index contributed by atoms with van der Waals surface area (Å²) in [5.74, 6) is -0.0130. The standard InChI is InChI=1S/C20H19FN6O2/c1-11(2)24-14-7-23-20-26-17(10-27(20)9-14)15-6-13(4-5-16(15)21)25-19(28)18-8-22-12(3)29-18/h4-11,24H,1-3H3,(H,25,28). The van der Waals surface area contributed by atoms with Gasteiger partial charge in [-0.3, -0.25) is 9.20 Å². The van der Waals surface area contributed by atoms with Gasteiger partial charge in [0.05, 0.1) is 23.8 Å². The van der Waals surface area contributed by atoms with Crippen LogP contribution in [0.2, 0.25) is 0 Å². The zero-order valence-electron chi connectivity index (χ0n) is 16.1. The number of nitrogens with zero attached hydrogens (tertiary/aromatic N) is 4. The molecule has 0 spiro atoms. The van der Waals surface area contributed by atoms with Gasteiger partial charge >= 0.3 is 0 Å². The van der Waals surface area contributed by atoms with Gasteiger partial charge in [0.2, 0.25) is 11.5 Å². The maximum Gasteiger partial charge on any atom is 0.293 e. The van der Waals surface area contributed by atoms with Gasteiger partial charge in [-0.25, -0.2) is 19.3 Å². The highest BCUT2D eigenvalue weighted by atomic mass is 19.1. The van der Waals surface area contributed by atoms with Crippen LogP contribution >= 0.6 is 0 Å². The Labute approximate surface area is 165 Å². The lowest BCUT2D eigenvalue weighted by molar-refractivity contribution is 0.0995. The topological polar surface area (TPSA) is 97.4 Å². The van der Waals surface area contributed by atoms with Crippen LogP contribution in [-0.4, -0.2) is 31.3 Å². The monoisotopic (exact) mass is 394 g/mol. The number of imidazole rings is 1. The zero-order chi connectivity index (χ0) is 20.5. The summed E-state index contributed by atoms with van der Waals surface area (Å²) < 4.78 is 21.4. The normalized spacial score (nSPS) is 11.2. The number of carbonyl (C=O) groups is 1. The van der Waals surface area contributed by atoms with Crippen LogP contribution in [0.5, 0.6) is 0 Å². The van der Waals surface area contributed by atoms with Crippen molar-refractivity contribution in [3.05, 3.63) is 60.5 Å². The lowest BCUT2D eigenvalue weighted by Gasteiger charge is -2.08. The second-order valence-corrected chi connectivity index (χ2v) is 6.87. The first-order valence-electron chi connectivity index (χ1n) is 9.04. The van der Waals surface area contributed by atoms with E-state index >= 15 is 0 Å². The fraction of sp³-hybridized carbons (Fsp3) is 0.200. The number of aryl methyl sites for hydroxylation is 1. The number of hydrogen-bond donors (Lipinski definition) is 2. The molecule has 8 nitrogen and oxygen atoms in total. The molecule has 0 saturated carbocycles. The van der Waals surface area contributed by atoms with Crippen molar-refractivity contribution in [1.29, 1.82) is 0 Å². The molecule has 0 radical (unpaired) electrons. The highest BCUT2D eigenvalue weighted by Gasteiger charge is 2.15. The van der Waals surface area contributed by atoms with E-state index in [9.17, 15) is 9.18 Å². The number of carbonyl (C=O) groups excluding carboxylic acids is 1. The van der Waals surface area contributed by atoms with E-state index in [-0.39, 0.29) is 17.4 Å². The molecule has 3 aromatic heterocycles. The van der Waals surface area contributed by atoms with Crippen LogP contribution in [0, 0.1) is 12.7 Å². The molecule has 0 aliphatic carbocycles. The first-order valence-corrected chi connectivity index (χ1v) is 9.04. The molecule has 0 saturated heterocycles. The van der Waals surface area contributed by atoms with E-state index in [0.29, 0.717) is 23.0 Å². The third kappa shape index (κ3) is 3.93. The van der Waals surface area contributed by atoms with Crippen molar-refractivity contribution in [2.24, 2.45) is 0 Å². The van der Waals surface area contributed by atoms with Crippen LogP contribution in [0.3, 0.4) is 0 Å². The van der Waals surface area contributed by atoms with E-state index in [2.05, 4.69) is 25.6 Å². The van der Waals surface area contributed by atoms with Gasteiger partial charge in [-0.15, -0.1) is 0 Å². The highest BCUT2D eigenvalue weighted by molar-refractivity contribution is 6.02. The zero-order valence-corrected chi connectivity index (χ0v) is 16.1. The molecule has 0 bridgehead atoms. The molecule has 2 N–H and O–H groups in total. The summed E-state index contributed by atoms with van der Waals surface area (Å²) >= 11 is 0. The van der Waals surface area contributed by atoms with Gasteiger partial charge in [-0.2, -0.15) is 0 Å². The van der Waals surface area contributed by atoms with E-state index in [1.54, 1.807) is 23.7 Å². The number of benzene rings is 1. The maximum absolute atomic E-state index is 14.5. The minimum atomic E-state index is -0.468. The second-order valence-electron chi connectivity index (χ2n) is 6.87. The minimum absolute atomic E-state index is 0.0792. The van der Waals surface area contributed by atoms with Crippen LogP contribution in [0.1, 0.15) is 30.3 Å². The number of aromatic nitrogens is 4. The molecule has 0 fully saturated rings. The summed E-state index contributed by atoms with van der Waals surface area (Å²) in [6, 6.07) is 4.52. The number of amides is 1. The molecule has 148 valence electrons. The minimum Gasteiger partial charge on any atom is -0.436 e. The summed E-state index contributed by atoms with van der Waals surface area (Å²) in [6.45, 7) is 5.70. The molecule has 1 amide bonds. The number of fused-ring (bicyclic) bond motifs is 1. The molecule has 0 aliphatic heterocycles. The molecule has 3 heterocycles. The summed E-state index contributed by atoms with van der Waals surface area (Å²) in [5.41, 5.74) is 1.90. The van der Waals surface area contributed by atoms with Crippen molar-refractivity contribution >= 4 is 23.1 Å². The Morgan fingerprint density at radius 3 is 2.72 bits per heavy atom. The van der Waals surface area contributed by atoms with Gasteiger partial charge < -0.3 is 15.1 Å². The quantitative estimate of drug-likeness (QED) is 0.533. The SMILES string of the molecule is Cc1ncc(C(=O)Nc2ccc(F)c(-c3cn4cc(NC(C)C)cnc4n3)c2)o1. The van der Waals surface area contributed by atoms with Crippen LogP contribution < -0.4 is 10.6 Å². The first-order chi connectivity index (χ1) is 13.9. The van der Waals surface area contributed by atoms with Crippen molar-refractivity contribution in [2.75, 3.05) is 10.6 Å². The Morgan fingerprint density at radius 2 is 2.00 bits per heavy atom. The van der Waals surface area contributed by atoms with Crippen LogP contribution in [0.15, 0.2) is 47.4 Å². The lowest BCUT2D eigenvalue weighted by Crippen LogP contribution is -2.11. The lowest BCUT2D eigenvalue weighted by atomic mass is 10.1. The van der Waals surface area contributed by atoms with E-state index in [0.717, 1.165) is 5.69 Å². The highest BCUT2D eigenvalue weighted by Crippen LogP contribution is 2.26. The summed E-state index contributed by atoms with van der Waals surface area (Å²) in [4.78, 5) is 24.8. The number of nitrogens with one attached hydrogen (secondary N) is 2. The largest absolute Gasteiger partial charge is 0.436 e. The maximum atomic E-state index is 14.5. The van der Waals surface area contributed by atoms with Gasteiger partial charge in [-0.1, -0.05) is 0 Å². The van der Waals surface area contributed by atoms with Crippen molar-refractivity contribution in [3.63, 3.8) is 0 Å². The molecular formula is C20H19FN6O2. The molecule has 0 unspecified atom stereocenters. The third-order valence-electron chi connectivity index (χ3n) is 4.11. The molecule has 0 atom stereocenters. The average Bonchev–Trinajstić information content (AvgIpc) is 3.28. The Bertz CT molecular complexity index is 1200. The summed E-state index contributed by atoms with van der Waals surface area (Å²) in [7, 11) is 0. The number of hydrogen-bond acceptors (Lipinski definition) is 6. The molecule has 4 rings (SSSR count). The second kappa shape index (κ2) is 7.34. The average molecular weight is 394 g/mol. The number of rotatable bonds is 5. The summed E-state index contributed by atoms with van der Waals surface area (Å²) in [6.07, 6.45) is 6.55. The molecule has 0 aliphatic rings. The fourth-order valence-corrected chi connectivity index (χ4v) is 2.88. The number of oxazole rings is 1. The smallest absolute Gasteiger partial charge is 0.293 e. The van der Waals surface area contributed by atoms with E-state index < -0.39 is 11.7 Å². The predicted molar refractivity (Wildman–Crippen MR) is 106 cm³/mol. The first kappa shape index (κ1) is 18.6. The Balaban J connectivity index is 1.64. The fourth-order valence-electron chi connectivity index (χ4n) is 2.88. The van der Waals surface area contributed by atoms with Crippen molar-refractivity contribution in [1.82, 2.24) is 19.4 Å². The Morgan fingerprint density at radius 1 is 1.17 bits per heavy atom. The number of anilines is 2. The predicted octanol–water partition coefficient (Wildman–Crippen LogP) is 3.90. The van der Waals surface area contributed by atoms with E-state index in [4.69, 9.17) is 4.42 Å². The van der Waals surface area contributed by atoms with Crippen molar-refractivity contribution in [2.45, 2.75) is 26.8 Å². The summed E-state index contributed by atoms with van der Waals surface area (Å²) in [5, 5.41) is 5.93. The van der Waals surface area contributed by atoms with Crippen molar-refractivity contribution in [3.8, 4) is 11.3 Å².